The van der Waals surface area contributed by atoms with Crippen LogP contribution in [0.3, 0.4) is 0 Å². The molecule has 21 heavy (non-hydrogen) atoms. The number of thiazole rings is 1. The molecule has 1 aromatic heterocycles. The summed E-state index contributed by atoms with van der Waals surface area (Å²) in [7, 11) is 0. The number of hydrogen-bond donors (Lipinski definition) is 1. The number of benzene rings is 1. The van der Waals surface area contributed by atoms with Crippen LogP contribution in [0.15, 0.2) is 35.8 Å². The first-order chi connectivity index (χ1) is 10.3. The topological polar surface area (TPSA) is 28.2 Å². The van der Waals surface area contributed by atoms with Gasteiger partial charge in [0.1, 0.15) is 0 Å². The minimum Gasteiger partial charge on any atom is -0.371 e. The summed E-state index contributed by atoms with van der Waals surface area (Å²) in [6.07, 6.45) is 4.53. The minimum atomic E-state index is 0.476. The molecule has 4 heteroatoms. The van der Waals surface area contributed by atoms with Crippen LogP contribution >= 0.6 is 11.3 Å². The van der Waals surface area contributed by atoms with Gasteiger partial charge in [0.15, 0.2) is 0 Å². The van der Waals surface area contributed by atoms with Crippen molar-refractivity contribution >= 4 is 17.0 Å². The zero-order chi connectivity index (χ0) is 14.5. The van der Waals surface area contributed by atoms with Gasteiger partial charge in [-0.3, -0.25) is 0 Å². The van der Waals surface area contributed by atoms with E-state index in [9.17, 15) is 0 Å². The Balaban J connectivity index is 1.58. The first kappa shape index (κ1) is 14.5. The molecule has 3 rings (SSSR count). The van der Waals surface area contributed by atoms with Crippen LogP contribution in [0, 0.1) is 0 Å². The molecular formula is C17H23N3S. The molecule has 0 spiro atoms. The van der Waals surface area contributed by atoms with E-state index in [2.05, 4.69) is 51.8 Å². The third-order valence-corrected chi connectivity index (χ3v) is 5.08. The van der Waals surface area contributed by atoms with Crippen molar-refractivity contribution in [1.29, 1.82) is 0 Å². The molecule has 1 aromatic carbocycles. The second-order valence-electron chi connectivity index (χ2n) is 5.73. The third kappa shape index (κ3) is 3.63. The van der Waals surface area contributed by atoms with Crippen LogP contribution in [-0.2, 0) is 6.54 Å². The summed E-state index contributed by atoms with van der Waals surface area (Å²) in [5.74, 6) is 0.476. The smallest absolute Gasteiger partial charge is 0.0965 e. The van der Waals surface area contributed by atoms with Gasteiger partial charge in [-0.05, 0) is 24.5 Å². The fourth-order valence-electron chi connectivity index (χ4n) is 2.92. The predicted octanol–water partition coefficient (Wildman–Crippen LogP) is 3.64. The minimum absolute atomic E-state index is 0.476. The fourth-order valence-corrected chi connectivity index (χ4v) is 3.61. The van der Waals surface area contributed by atoms with Crippen LogP contribution in [0.2, 0.25) is 0 Å². The summed E-state index contributed by atoms with van der Waals surface area (Å²) in [6, 6.07) is 8.79. The summed E-state index contributed by atoms with van der Waals surface area (Å²) < 4.78 is 0. The predicted molar refractivity (Wildman–Crippen MR) is 90.1 cm³/mol. The van der Waals surface area contributed by atoms with Crippen molar-refractivity contribution < 1.29 is 0 Å². The molecule has 1 aliphatic rings. The number of nitrogens with one attached hydrogen (secondary N) is 1. The Labute approximate surface area is 131 Å². The third-order valence-electron chi connectivity index (χ3n) is 4.08. The van der Waals surface area contributed by atoms with Gasteiger partial charge in [0, 0.05) is 49.4 Å². The van der Waals surface area contributed by atoms with Gasteiger partial charge in [-0.25, -0.2) is 4.98 Å². The lowest BCUT2D eigenvalue weighted by Gasteiger charge is -2.22. The van der Waals surface area contributed by atoms with Crippen LogP contribution in [0.4, 0.5) is 5.69 Å². The Morgan fingerprint density at radius 3 is 2.86 bits per heavy atom. The molecule has 3 nitrogen and oxygen atoms in total. The number of hydrogen-bond acceptors (Lipinski definition) is 4. The molecule has 0 amide bonds. The Morgan fingerprint density at radius 1 is 1.29 bits per heavy atom. The summed E-state index contributed by atoms with van der Waals surface area (Å²) in [4.78, 5) is 6.91. The molecule has 0 radical (unpaired) electrons. The van der Waals surface area contributed by atoms with Crippen LogP contribution in [0.1, 0.15) is 36.3 Å². The van der Waals surface area contributed by atoms with E-state index < -0.39 is 0 Å². The van der Waals surface area contributed by atoms with Crippen LogP contribution in [-0.4, -0.2) is 24.6 Å². The number of anilines is 1. The Hall–Kier alpha value is -1.39. The highest BCUT2D eigenvalue weighted by molar-refractivity contribution is 7.09. The highest BCUT2D eigenvalue weighted by atomic mass is 32.1. The number of rotatable bonds is 6. The highest BCUT2D eigenvalue weighted by Crippen LogP contribution is 2.24. The van der Waals surface area contributed by atoms with E-state index in [4.69, 9.17) is 0 Å². The van der Waals surface area contributed by atoms with Crippen molar-refractivity contribution in [2.24, 2.45) is 0 Å². The van der Waals surface area contributed by atoms with Crippen molar-refractivity contribution in [2.75, 3.05) is 24.5 Å². The van der Waals surface area contributed by atoms with Crippen LogP contribution in [0.5, 0.6) is 0 Å². The first-order valence-corrected chi connectivity index (χ1v) is 8.65. The van der Waals surface area contributed by atoms with E-state index >= 15 is 0 Å². The first-order valence-electron chi connectivity index (χ1n) is 7.77. The molecule has 112 valence electrons. The molecule has 1 N–H and O–H groups in total. The molecule has 2 heterocycles. The zero-order valence-corrected chi connectivity index (χ0v) is 13.4. The van der Waals surface area contributed by atoms with Gasteiger partial charge in [-0.1, -0.05) is 25.1 Å². The van der Waals surface area contributed by atoms with Crippen molar-refractivity contribution in [3.63, 3.8) is 0 Å². The molecular weight excluding hydrogens is 278 g/mol. The van der Waals surface area contributed by atoms with Crippen LogP contribution < -0.4 is 10.2 Å². The molecule has 2 aromatic rings. The lowest BCUT2D eigenvalue weighted by Crippen LogP contribution is -2.23. The van der Waals surface area contributed by atoms with E-state index in [1.165, 1.54) is 42.2 Å². The maximum absolute atomic E-state index is 4.39. The Kier molecular flexibility index (Phi) is 4.88. The Morgan fingerprint density at radius 2 is 2.10 bits per heavy atom. The second kappa shape index (κ2) is 7.05. The molecule has 1 unspecified atom stereocenters. The lowest BCUT2D eigenvalue weighted by atomic mass is 10.1. The maximum Gasteiger partial charge on any atom is 0.0965 e. The van der Waals surface area contributed by atoms with Crippen molar-refractivity contribution in [1.82, 2.24) is 10.3 Å². The fraction of sp³-hybridized carbons (Fsp3) is 0.471. The van der Waals surface area contributed by atoms with Crippen molar-refractivity contribution in [3.05, 3.63) is 46.4 Å². The van der Waals surface area contributed by atoms with Gasteiger partial charge in [0.25, 0.3) is 0 Å². The summed E-state index contributed by atoms with van der Waals surface area (Å²) in [5, 5.41) is 6.86. The maximum atomic E-state index is 4.39. The largest absolute Gasteiger partial charge is 0.371 e. The molecule has 0 aliphatic carbocycles. The average molecular weight is 301 g/mol. The van der Waals surface area contributed by atoms with E-state index in [1.807, 2.05) is 6.20 Å². The van der Waals surface area contributed by atoms with E-state index in [1.54, 1.807) is 11.3 Å². The van der Waals surface area contributed by atoms with E-state index in [-0.39, 0.29) is 0 Å². The summed E-state index contributed by atoms with van der Waals surface area (Å²) in [6.45, 7) is 6.54. The standard InChI is InChI=1S/C17H23N3S/c1-14(17-19-8-11-21-17)12-18-13-15-6-2-3-7-16(15)20-9-4-5-10-20/h2-3,6-8,11,14,18H,4-5,9-10,12-13H2,1H3. The SMILES string of the molecule is CC(CNCc1ccccc1N1CCCC1)c1nccs1. The molecule has 0 bridgehead atoms. The normalized spacial score (nSPS) is 16.3. The monoisotopic (exact) mass is 301 g/mol. The van der Waals surface area contributed by atoms with Gasteiger partial charge < -0.3 is 10.2 Å². The van der Waals surface area contributed by atoms with Gasteiger partial charge in [-0.2, -0.15) is 0 Å². The average Bonchev–Trinajstić information content (AvgIpc) is 3.21. The number of nitrogens with zero attached hydrogens (tertiary/aromatic N) is 2. The van der Waals surface area contributed by atoms with Crippen molar-refractivity contribution in [3.8, 4) is 0 Å². The quantitative estimate of drug-likeness (QED) is 0.883. The van der Waals surface area contributed by atoms with E-state index in [0.29, 0.717) is 5.92 Å². The highest BCUT2D eigenvalue weighted by Gasteiger charge is 2.15. The molecule has 1 aliphatic heterocycles. The van der Waals surface area contributed by atoms with E-state index in [0.717, 1.165) is 13.1 Å². The van der Waals surface area contributed by atoms with Gasteiger partial charge >= 0.3 is 0 Å². The van der Waals surface area contributed by atoms with Crippen molar-refractivity contribution in [2.45, 2.75) is 32.2 Å². The number of para-hydroxylation sites is 1. The molecule has 1 fully saturated rings. The molecule has 0 saturated carbocycles. The van der Waals surface area contributed by atoms with Crippen LogP contribution in [0.25, 0.3) is 0 Å². The summed E-state index contributed by atoms with van der Waals surface area (Å²) in [5.41, 5.74) is 2.81. The number of aromatic nitrogens is 1. The molecule has 1 atom stereocenters. The zero-order valence-electron chi connectivity index (χ0n) is 12.6. The molecule has 1 saturated heterocycles. The lowest BCUT2D eigenvalue weighted by molar-refractivity contribution is 0.612. The van der Waals surface area contributed by atoms with Gasteiger partial charge in [0.05, 0.1) is 5.01 Å². The van der Waals surface area contributed by atoms with Gasteiger partial charge in [0.2, 0.25) is 0 Å². The Bertz CT molecular complexity index is 547. The second-order valence-corrected chi connectivity index (χ2v) is 6.65. The summed E-state index contributed by atoms with van der Waals surface area (Å²) >= 11 is 1.74. The van der Waals surface area contributed by atoms with Gasteiger partial charge in [-0.15, -0.1) is 11.3 Å².